The van der Waals surface area contributed by atoms with Gasteiger partial charge in [0, 0.05) is 18.6 Å². The summed E-state index contributed by atoms with van der Waals surface area (Å²) in [5.41, 5.74) is 2.56. The number of rotatable bonds is 3. The molecule has 3 nitrogen and oxygen atoms in total. The zero-order chi connectivity index (χ0) is 13.6. The Balaban J connectivity index is 2.72. The Hall–Kier alpha value is -1.16. The van der Waals surface area contributed by atoms with E-state index in [0.717, 1.165) is 17.0 Å². The predicted molar refractivity (Wildman–Crippen MR) is 74.1 cm³/mol. The summed E-state index contributed by atoms with van der Waals surface area (Å²) in [5.74, 6) is 0.189. The molecule has 98 valence electrons. The van der Waals surface area contributed by atoms with Gasteiger partial charge in [0.15, 0.2) is 5.71 Å². The highest BCUT2D eigenvalue weighted by Crippen LogP contribution is 2.40. The molecule has 0 amide bonds. The van der Waals surface area contributed by atoms with Crippen LogP contribution in [0, 0.1) is 0 Å². The third kappa shape index (κ3) is 1.79. The van der Waals surface area contributed by atoms with Gasteiger partial charge in [-0.3, -0.25) is 0 Å². The summed E-state index contributed by atoms with van der Waals surface area (Å²) in [4.78, 5) is 0. The third-order valence-electron chi connectivity index (χ3n) is 3.75. The number of hydrogen-bond acceptors (Lipinski definition) is 2. The first-order valence-electron chi connectivity index (χ1n) is 6.29. The van der Waals surface area contributed by atoms with Crippen molar-refractivity contribution in [3.63, 3.8) is 0 Å². The first kappa shape index (κ1) is 13.3. The van der Waals surface area contributed by atoms with Crippen LogP contribution in [0.3, 0.4) is 0 Å². The Morgan fingerprint density at radius 1 is 1.22 bits per heavy atom. The number of nitrogens with zero attached hydrogens (tertiary/aromatic N) is 1. The van der Waals surface area contributed by atoms with Gasteiger partial charge in [0.25, 0.3) is 0 Å². The molecule has 0 unspecified atom stereocenters. The Morgan fingerprint density at radius 3 is 2.44 bits per heavy atom. The minimum atomic E-state index is -3.25. The van der Waals surface area contributed by atoms with Gasteiger partial charge >= 0.3 is 10.0 Å². The number of sulfonamides is 1. The summed E-state index contributed by atoms with van der Waals surface area (Å²) < 4.78 is 26.3. The predicted octanol–water partition coefficient (Wildman–Crippen LogP) is 2.82. The van der Waals surface area contributed by atoms with E-state index in [1.54, 1.807) is 0 Å². The Labute approximate surface area is 109 Å². The molecule has 1 aromatic rings. The van der Waals surface area contributed by atoms with E-state index in [1.165, 1.54) is 3.98 Å². The van der Waals surface area contributed by atoms with Crippen LogP contribution in [0.5, 0.6) is 0 Å². The second-order valence-electron chi connectivity index (χ2n) is 5.31. The van der Waals surface area contributed by atoms with Gasteiger partial charge in [0.2, 0.25) is 5.69 Å². The molecule has 0 bridgehead atoms. The molecule has 0 aliphatic carbocycles. The van der Waals surface area contributed by atoms with Crippen molar-refractivity contribution in [3.8, 4) is 0 Å². The highest BCUT2D eigenvalue weighted by atomic mass is 32.2. The monoisotopic (exact) mass is 266 g/mol. The van der Waals surface area contributed by atoms with Crippen molar-refractivity contribution in [2.75, 3.05) is 5.75 Å². The van der Waals surface area contributed by atoms with Crippen LogP contribution in [0.25, 0.3) is 0 Å². The SMILES string of the molecule is CCCS(=O)(=O)[N+]1=C(C)C(C)(C)c2ccccc21. The molecular formula is C14H20NO2S+. The van der Waals surface area contributed by atoms with E-state index in [1.807, 2.05) is 38.1 Å². The molecule has 0 saturated heterocycles. The molecule has 0 radical (unpaired) electrons. The molecule has 0 N–H and O–H groups in total. The highest BCUT2D eigenvalue weighted by Gasteiger charge is 2.47. The van der Waals surface area contributed by atoms with Gasteiger partial charge in [0.1, 0.15) is 5.75 Å². The summed E-state index contributed by atoms with van der Waals surface area (Å²) in [7, 11) is -3.25. The lowest BCUT2D eigenvalue weighted by atomic mass is 9.82. The molecule has 0 saturated carbocycles. The molecule has 2 rings (SSSR count). The van der Waals surface area contributed by atoms with Gasteiger partial charge in [-0.05, 0) is 20.3 Å². The fraction of sp³-hybridized carbons (Fsp3) is 0.500. The van der Waals surface area contributed by atoms with Crippen LogP contribution in [0.15, 0.2) is 24.3 Å². The van der Waals surface area contributed by atoms with Gasteiger partial charge in [-0.15, -0.1) is 0 Å². The summed E-state index contributed by atoms with van der Waals surface area (Å²) in [6.07, 6.45) is 0.634. The van der Waals surface area contributed by atoms with Crippen LogP contribution in [0.2, 0.25) is 0 Å². The quantitative estimate of drug-likeness (QED) is 0.789. The van der Waals surface area contributed by atoms with Crippen LogP contribution in [0.4, 0.5) is 5.69 Å². The average molecular weight is 266 g/mol. The summed E-state index contributed by atoms with van der Waals surface area (Å²) in [6, 6.07) is 7.76. The zero-order valence-corrected chi connectivity index (χ0v) is 12.2. The lowest BCUT2D eigenvalue weighted by Gasteiger charge is -2.14. The van der Waals surface area contributed by atoms with Crippen molar-refractivity contribution >= 4 is 21.4 Å². The van der Waals surface area contributed by atoms with Gasteiger partial charge in [0.05, 0.1) is 5.41 Å². The minimum Gasteiger partial charge on any atom is -0.163 e. The van der Waals surface area contributed by atoms with Crippen molar-refractivity contribution < 1.29 is 12.4 Å². The van der Waals surface area contributed by atoms with E-state index in [-0.39, 0.29) is 11.2 Å². The first-order valence-corrected chi connectivity index (χ1v) is 7.90. The molecular weight excluding hydrogens is 246 g/mol. The number of para-hydroxylation sites is 1. The average Bonchev–Trinajstić information content (AvgIpc) is 2.48. The number of benzene rings is 1. The van der Waals surface area contributed by atoms with E-state index in [4.69, 9.17) is 0 Å². The van der Waals surface area contributed by atoms with Crippen molar-refractivity contribution in [1.82, 2.24) is 0 Å². The molecule has 0 spiro atoms. The summed E-state index contributed by atoms with van der Waals surface area (Å²) in [6.45, 7) is 7.94. The van der Waals surface area contributed by atoms with Crippen LogP contribution in [0.1, 0.15) is 39.7 Å². The van der Waals surface area contributed by atoms with Crippen LogP contribution >= 0.6 is 0 Å². The Kier molecular flexibility index (Phi) is 3.09. The van der Waals surface area contributed by atoms with Gasteiger partial charge in [-0.2, -0.15) is 8.42 Å². The minimum absolute atomic E-state index is 0.189. The van der Waals surface area contributed by atoms with Crippen molar-refractivity contribution in [2.45, 2.75) is 39.5 Å². The normalized spacial score (nSPS) is 18.0. The molecule has 0 atom stereocenters. The molecule has 1 aliphatic rings. The molecule has 1 aliphatic heterocycles. The topological polar surface area (TPSA) is 37.1 Å². The summed E-state index contributed by atoms with van der Waals surface area (Å²) >= 11 is 0. The fourth-order valence-corrected chi connectivity index (χ4v) is 4.32. The standard InChI is InChI=1S/C14H20NO2S/c1-5-10-18(16,17)15-11(2)14(3,4)12-8-6-7-9-13(12)15/h6-9H,5,10H2,1-4H3/q+1. The molecule has 18 heavy (non-hydrogen) atoms. The van der Waals surface area contributed by atoms with Gasteiger partial charge < -0.3 is 0 Å². The lowest BCUT2D eigenvalue weighted by Crippen LogP contribution is -2.29. The van der Waals surface area contributed by atoms with E-state index in [9.17, 15) is 8.42 Å². The molecule has 1 aromatic carbocycles. The Bertz CT molecular complexity index is 612. The second-order valence-corrected chi connectivity index (χ2v) is 7.25. The maximum atomic E-state index is 12.4. The van der Waals surface area contributed by atoms with E-state index in [0.29, 0.717) is 6.42 Å². The maximum Gasteiger partial charge on any atom is 0.369 e. The lowest BCUT2D eigenvalue weighted by molar-refractivity contribution is -0.258. The second kappa shape index (κ2) is 4.19. The van der Waals surface area contributed by atoms with Crippen molar-refractivity contribution in [1.29, 1.82) is 0 Å². The maximum absolute atomic E-state index is 12.4. The first-order chi connectivity index (χ1) is 8.32. The number of hydrogen-bond donors (Lipinski definition) is 0. The van der Waals surface area contributed by atoms with Crippen LogP contribution < -0.4 is 0 Å². The van der Waals surface area contributed by atoms with Gasteiger partial charge in [-0.1, -0.05) is 29.1 Å². The van der Waals surface area contributed by atoms with Gasteiger partial charge in [-0.25, -0.2) is 0 Å². The van der Waals surface area contributed by atoms with Crippen molar-refractivity contribution in [2.24, 2.45) is 0 Å². The highest BCUT2D eigenvalue weighted by molar-refractivity contribution is 7.85. The Morgan fingerprint density at radius 2 is 1.83 bits per heavy atom. The van der Waals surface area contributed by atoms with E-state index >= 15 is 0 Å². The molecule has 0 aromatic heterocycles. The molecule has 1 heterocycles. The number of fused-ring (bicyclic) bond motifs is 1. The van der Waals surface area contributed by atoms with Crippen molar-refractivity contribution in [3.05, 3.63) is 29.8 Å². The third-order valence-corrected chi connectivity index (χ3v) is 5.70. The van der Waals surface area contributed by atoms with Crippen LogP contribution in [-0.2, 0) is 15.4 Å². The summed E-state index contributed by atoms with van der Waals surface area (Å²) in [5, 5.41) is 0. The largest absolute Gasteiger partial charge is 0.369 e. The van der Waals surface area contributed by atoms with E-state index < -0.39 is 10.0 Å². The smallest absolute Gasteiger partial charge is 0.163 e. The fourth-order valence-electron chi connectivity index (χ4n) is 2.52. The van der Waals surface area contributed by atoms with E-state index in [2.05, 4.69) is 13.8 Å². The zero-order valence-electron chi connectivity index (χ0n) is 11.4. The molecule has 0 fully saturated rings. The van der Waals surface area contributed by atoms with Crippen LogP contribution in [-0.4, -0.2) is 23.9 Å². The molecule has 4 heteroatoms.